The molecule has 0 saturated carbocycles. The molecule has 0 N–H and O–H groups in total. The van der Waals surface area contributed by atoms with Crippen LogP contribution in [0.15, 0.2) is 77.7 Å². The highest BCUT2D eigenvalue weighted by Gasteiger charge is 2.34. The zero-order chi connectivity index (χ0) is 21.8. The third-order valence-corrected chi connectivity index (χ3v) is 6.23. The Labute approximate surface area is 197 Å². The molecule has 156 valence electrons. The minimum atomic E-state index is -0.300. The number of nitrogens with zero attached hydrogens (tertiary/aromatic N) is 1. The molecule has 1 aliphatic heterocycles. The van der Waals surface area contributed by atoms with Crippen molar-refractivity contribution in [3.8, 4) is 5.75 Å². The van der Waals surface area contributed by atoms with Gasteiger partial charge in [-0.15, -0.1) is 0 Å². The van der Waals surface area contributed by atoms with Crippen molar-refractivity contribution in [2.75, 3.05) is 0 Å². The molecule has 0 unspecified atom stereocenters. The third-order valence-electron chi connectivity index (χ3n) is 4.60. The van der Waals surface area contributed by atoms with Gasteiger partial charge in [0.25, 0.3) is 11.1 Å². The number of carbonyl (C=O) groups excluding carboxylic acids is 2. The van der Waals surface area contributed by atoms with Crippen molar-refractivity contribution in [1.29, 1.82) is 0 Å². The Morgan fingerprint density at radius 1 is 0.968 bits per heavy atom. The van der Waals surface area contributed by atoms with E-state index in [0.29, 0.717) is 17.3 Å². The topological polar surface area (TPSA) is 46.6 Å². The molecule has 1 aliphatic rings. The van der Waals surface area contributed by atoms with E-state index in [1.54, 1.807) is 24.3 Å². The number of halogens is 2. The molecule has 0 spiro atoms. The summed E-state index contributed by atoms with van der Waals surface area (Å²) in [5, 5.41) is -0.279. The van der Waals surface area contributed by atoms with Gasteiger partial charge in [-0.2, -0.15) is 0 Å². The van der Waals surface area contributed by atoms with Crippen LogP contribution in [0.3, 0.4) is 0 Å². The van der Waals surface area contributed by atoms with Gasteiger partial charge in [0.15, 0.2) is 0 Å². The molecule has 0 aliphatic carbocycles. The second-order valence-corrected chi connectivity index (χ2v) is 9.12. The van der Waals surface area contributed by atoms with Crippen LogP contribution in [0.2, 0.25) is 0 Å². The number of thioether (sulfide) groups is 1. The van der Waals surface area contributed by atoms with E-state index in [0.717, 1.165) is 32.0 Å². The molecule has 0 bridgehead atoms. The highest BCUT2D eigenvalue weighted by atomic mass is 127. The van der Waals surface area contributed by atoms with E-state index in [4.69, 9.17) is 4.74 Å². The zero-order valence-corrected chi connectivity index (χ0v) is 19.2. The van der Waals surface area contributed by atoms with Gasteiger partial charge in [-0.1, -0.05) is 36.4 Å². The summed E-state index contributed by atoms with van der Waals surface area (Å²) in [7, 11) is 0. The number of rotatable bonds is 6. The summed E-state index contributed by atoms with van der Waals surface area (Å²) in [6, 6.07) is 21.1. The van der Waals surface area contributed by atoms with Crippen LogP contribution < -0.4 is 4.74 Å². The van der Waals surface area contributed by atoms with Gasteiger partial charge in [0.2, 0.25) is 0 Å². The molecule has 0 aromatic heterocycles. The minimum Gasteiger partial charge on any atom is -0.489 e. The Morgan fingerprint density at radius 3 is 2.42 bits per heavy atom. The number of amides is 2. The van der Waals surface area contributed by atoms with E-state index in [1.807, 2.05) is 42.5 Å². The lowest BCUT2D eigenvalue weighted by Gasteiger charge is -2.12. The first-order chi connectivity index (χ1) is 15.0. The summed E-state index contributed by atoms with van der Waals surface area (Å²) in [6.45, 7) is 0.552. The molecule has 0 atom stereocenters. The molecule has 1 saturated heterocycles. The standard InChI is InChI=1S/C24H17FINO3S/c25-19-8-4-17(5-9-19)15-30-21-3-1-2-18(12-21)13-22-23(28)27(24(29)31-22)14-16-6-10-20(26)11-7-16/h1-13H,14-15H2/b22-13-. The lowest BCUT2D eigenvalue weighted by molar-refractivity contribution is -0.123. The van der Waals surface area contributed by atoms with Crippen LogP contribution in [0, 0.1) is 9.39 Å². The first-order valence-electron chi connectivity index (χ1n) is 9.45. The largest absolute Gasteiger partial charge is 0.489 e. The monoisotopic (exact) mass is 545 g/mol. The van der Waals surface area contributed by atoms with Crippen LogP contribution in [-0.4, -0.2) is 16.0 Å². The summed E-state index contributed by atoms with van der Waals surface area (Å²) in [4.78, 5) is 26.8. The van der Waals surface area contributed by atoms with Gasteiger partial charge in [0, 0.05) is 3.57 Å². The average molecular weight is 545 g/mol. The molecule has 7 heteroatoms. The molecule has 0 radical (unpaired) electrons. The van der Waals surface area contributed by atoms with Crippen molar-refractivity contribution in [2.24, 2.45) is 0 Å². The van der Waals surface area contributed by atoms with E-state index >= 15 is 0 Å². The number of hydrogen-bond donors (Lipinski definition) is 0. The predicted octanol–water partition coefficient (Wildman–Crippen LogP) is 6.25. The van der Waals surface area contributed by atoms with Gasteiger partial charge in [-0.3, -0.25) is 14.5 Å². The van der Waals surface area contributed by atoms with Crippen molar-refractivity contribution >= 4 is 51.6 Å². The molecule has 4 rings (SSSR count). The van der Waals surface area contributed by atoms with Gasteiger partial charge >= 0.3 is 0 Å². The Balaban J connectivity index is 1.44. The van der Waals surface area contributed by atoms with Crippen molar-refractivity contribution in [1.82, 2.24) is 4.90 Å². The maximum Gasteiger partial charge on any atom is 0.293 e. The van der Waals surface area contributed by atoms with Crippen LogP contribution >= 0.6 is 34.4 Å². The van der Waals surface area contributed by atoms with Crippen LogP contribution in [-0.2, 0) is 17.9 Å². The summed E-state index contributed by atoms with van der Waals surface area (Å²) in [5.74, 6) is 0.0316. The van der Waals surface area contributed by atoms with Crippen molar-refractivity contribution in [3.63, 3.8) is 0 Å². The summed E-state index contributed by atoms with van der Waals surface area (Å²) >= 11 is 3.15. The van der Waals surface area contributed by atoms with E-state index in [1.165, 1.54) is 17.0 Å². The van der Waals surface area contributed by atoms with Gasteiger partial charge < -0.3 is 4.74 Å². The Bertz CT molecular complexity index is 1150. The Hall–Kier alpha value is -2.65. The Morgan fingerprint density at radius 2 is 1.68 bits per heavy atom. The van der Waals surface area contributed by atoms with Gasteiger partial charge in [-0.05, 0) is 93.5 Å². The van der Waals surface area contributed by atoms with Crippen molar-refractivity contribution in [2.45, 2.75) is 13.2 Å². The van der Waals surface area contributed by atoms with E-state index in [-0.39, 0.29) is 23.5 Å². The lowest BCUT2D eigenvalue weighted by atomic mass is 10.2. The van der Waals surface area contributed by atoms with Crippen LogP contribution in [0.4, 0.5) is 9.18 Å². The van der Waals surface area contributed by atoms with Gasteiger partial charge in [-0.25, -0.2) is 4.39 Å². The van der Waals surface area contributed by atoms with Crippen LogP contribution in [0.1, 0.15) is 16.7 Å². The summed E-state index contributed by atoms with van der Waals surface area (Å²) in [5.41, 5.74) is 2.51. The van der Waals surface area contributed by atoms with Crippen LogP contribution in [0.25, 0.3) is 6.08 Å². The fourth-order valence-corrected chi connectivity index (χ4v) is 4.20. The average Bonchev–Trinajstić information content (AvgIpc) is 3.02. The first-order valence-corrected chi connectivity index (χ1v) is 11.3. The van der Waals surface area contributed by atoms with E-state index in [9.17, 15) is 14.0 Å². The zero-order valence-electron chi connectivity index (χ0n) is 16.3. The quantitative estimate of drug-likeness (QED) is 0.272. The second kappa shape index (κ2) is 9.65. The molecular weight excluding hydrogens is 528 g/mol. The van der Waals surface area contributed by atoms with E-state index < -0.39 is 0 Å². The van der Waals surface area contributed by atoms with Crippen molar-refractivity contribution < 1.29 is 18.7 Å². The lowest BCUT2D eigenvalue weighted by Crippen LogP contribution is -2.27. The normalized spacial score (nSPS) is 15.0. The van der Waals surface area contributed by atoms with Crippen molar-refractivity contribution in [3.05, 3.63) is 104 Å². The molecule has 2 amide bonds. The predicted molar refractivity (Wildman–Crippen MR) is 128 cm³/mol. The third kappa shape index (κ3) is 5.54. The van der Waals surface area contributed by atoms with E-state index in [2.05, 4.69) is 22.6 Å². The fourth-order valence-electron chi connectivity index (χ4n) is 3.00. The molecule has 3 aromatic rings. The molecule has 31 heavy (non-hydrogen) atoms. The molecular formula is C24H17FINO3S. The highest BCUT2D eigenvalue weighted by molar-refractivity contribution is 14.1. The van der Waals surface area contributed by atoms with Crippen LogP contribution in [0.5, 0.6) is 5.75 Å². The maximum absolute atomic E-state index is 13.0. The number of ether oxygens (including phenoxy) is 1. The van der Waals surface area contributed by atoms with Gasteiger partial charge in [0.05, 0.1) is 11.4 Å². The molecule has 4 nitrogen and oxygen atoms in total. The summed E-state index contributed by atoms with van der Waals surface area (Å²) in [6.07, 6.45) is 1.70. The second-order valence-electron chi connectivity index (χ2n) is 6.88. The molecule has 3 aromatic carbocycles. The minimum absolute atomic E-state index is 0.250. The number of carbonyl (C=O) groups is 2. The number of benzene rings is 3. The number of imide groups is 1. The fraction of sp³-hybridized carbons (Fsp3) is 0.0833. The van der Waals surface area contributed by atoms with Gasteiger partial charge in [0.1, 0.15) is 18.2 Å². The SMILES string of the molecule is O=C1S/C(=C\c2cccc(OCc3ccc(F)cc3)c2)C(=O)N1Cc1ccc(I)cc1. The maximum atomic E-state index is 13.0. The summed E-state index contributed by atoms with van der Waals surface area (Å²) < 4.78 is 19.9. The first kappa shape index (κ1) is 21.6. The molecule has 1 fully saturated rings. The smallest absolute Gasteiger partial charge is 0.293 e. The Kier molecular flexibility index (Phi) is 6.72. The number of hydrogen-bond acceptors (Lipinski definition) is 4. The molecule has 1 heterocycles. The highest BCUT2D eigenvalue weighted by Crippen LogP contribution is 2.33.